The lowest BCUT2D eigenvalue weighted by Crippen LogP contribution is -2.54. The number of rotatable bonds is 12. The number of carbonyl (C=O) groups is 2. The van der Waals surface area contributed by atoms with Gasteiger partial charge in [0.15, 0.2) is 0 Å². The summed E-state index contributed by atoms with van der Waals surface area (Å²) in [5.41, 5.74) is 0.527. The molecule has 0 bridgehead atoms. The fourth-order valence-electron chi connectivity index (χ4n) is 5.96. The maximum absolute atomic E-state index is 14.6. The summed E-state index contributed by atoms with van der Waals surface area (Å²) < 4.78 is 71.9. The van der Waals surface area contributed by atoms with E-state index >= 15 is 0 Å². The van der Waals surface area contributed by atoms with Crippen LogP contribution in [-0.4, -0.2) is 43.8 Å². The van der Waals surface area contributed by atoms with Crippen molar-refractivity contribution < 1.29 is 31.2 Å². The molecule has 0 aromatic heterocycles. The average Bonchev–Trinajstić information content (AvgIpc) is 3.59. The molecule has 4 aromatic rings. The van der Waals surface area contributed by atoms with Gasteiger partial charge in [-0.05, 0) is 73.4 Å². The van der Waals surface area contributed by atoms with Crippen LogP contribution in [-0.2, 0) is 38.8 Å². The summed E-state index contributed by atoms with van der Waals surface area (Å²) >= 11 is 9.31. The van der Waals surface area contributed by atoms with Crippen molar-refractivity contribution >= 4 is 55.1 Å². The van der Waals surface area contributed by atoms with E-state index in [4.69, 9.17) is 11.6 Å². The number of sulfonamides is 1. The Morgan fingerprint density at radius 1 is 0.920 bits per heavy atom. The number of carbonyl (C=O) groups excluding carboxylic acids is 2. The van der Waals surface area contributed by atoms with Crippen molar-refractivity contribution in [2.75, 3.05) is 10.8 Å². The highest BCUT2D eigenvalue weighted by molar-refractivity contribution is 9.10. The molecule has 1 N–H and O–H groups in total. The van der Waals surface area contributed by atoms with E-state index in [1.54, 1.807) is 43.3 Å². The second-order valence-electron chi connectivity index (χ2n) is 12.3. The van der Waals surface area contributed by atoms with Gasteiger partial charge in [0, 0.05) is 23.5 Å². The molecular weight excluding hydrogens is 755 g/mol. The lowest BCUT2D eigenvalue weighted by Gasteiger charge is -2.34. The fraction of sp³-hybridized carbons (Fsp3) is 0.297. The predicted molar refractivity (Wildman–Crippen MR) is 191 cm³/mol. The number of benzene rings is 4. The number of halogens is 5. The number of amides is 2. The first-order chi connectivity index (χ1) is 23.7. The molecule has 50 heavy (non-hydrogen) atoms. The van der Waals surface area contributed by atoms with Gasteiger partial charge in [-0.15, -0.1) is 0 Å². The molecule has 5 rings (SSSR count). The van der Waals surface area contributed by atoms with Crippen LogP contribution in [0, 0.1) is 6.92 Å². The van der Waals surface area contributed by atoms with Crippen LogP contribution in [0.5, 0.6) is 0 Å². The highest BCUT2D eigenvalue weighted by Crippen LogP contribution is 2.38. The van der Waals surface area contributed by atoms with E-state index < -0.39 is 56.9 Å². The van der Waals surface area contributed by atoms with Crippen molar-refractivity contribution in [3.8, 4) is 0 Å². The average molecular weight is 791 g/mol. The Bertz CT molecular complexity index is 1910. The molecule has 1 fully saturated rings. The van der Waals surface area contributed by atoms with Crippen molar-refractivity contribution in [2.24, 2.45) is 0 Å². The van der Waals surface area contributed by atoms with Crippen LogP contribution >= 0.6 is 27.5 Å². The zero-order chi connectivity index (χ0) is 36.1. The normalized spacial score (nSPS) is 14.3. The SMILES string of the molecule is Cc1ccc(S(=O)(=O)N(CC(=O)N(Cc2ccc(Br)cc2)[C@@H](Cc2ccccc2)C(=O)NC2CCCC2)c2ccc(Cl)c(C(F)(F)F)c2)cc1. The summed E-state index contributed by atoms with van der Waals surface area (Å²) in [4.78, 5) is 29.8. The van der Waals surface area contributed by atoms with Crippen LogP contribution in [0.4, 0.5) is 18.9 Å². The molecule has 0 aliphatic heterocycles. The highest BCUT2D eigenvalue weighted by Gasteiger charge is 2.38. The van der Waals surface area contributed by atoms with Crippen molar-refractivity contribution in [3.05, 3.63) is 129 Å². The molecule has 0 saturated heterocycles. The minimum atomic E-state index is -4.90. The second kappa shape index (κ2) is 16.0. The van der Waals surface area contributed by atoms with Gasteiger partial charge in [-0.2, -0.15) is 13.2 Å². The molecule has 2 amide bonds. The van der Waals surface area contributed by atoms with E-state index in [0.29, 0.717) is 15.9 Å². The number of nitrogens with one attached hydrogen (secondary N) is 1. The summed E-state index contributed by atoms with van der Waals surface area (Å²) in [5.74, 6) is -1.18. The first-order valence-electron chi connectivity index (χ1n) is 16.1. The van der Waals surface area contributed by atoms with Crippen LogP contribution < -0.4 is 9.62 Å². The monoisotopic (exact) mass is 789 g/mol. The van der Waals surface area contributed by atoms with E-state index in [0.717, 1.165) is 53.4 Å². The van der Waals surface area contributed by atoms with Gasteiger partial charge in [-0.25, -0.2) is 8.42 Å². The largest absolute Gasteiger partial charge is 0.417 e. The highest BCUT2D eigenvalue weighted by atomic mass is 79.9. The predicted octanol–water partition coefficient (Wildman–Crippen LogP) is 8.32. The molecule has 0 radical (unpaired) electrons. The van der Waals surface area contributed by atoms with Crippen molar-refractivity contribution in [1.29, 1.82) is 0 Å². The van der Waals surface area contributed by atoms with Gasteiger partial charge >= 0.3 is 6.18 Å². The number of hydrogen-bond donors (Lipinski definition) is 1. The molecule has 1 saturated carbocycles. The Hall–Kier alpha value is -3.87. The topological polar surface area (TPSA) is 86.8 Å². The van der Waals surface area contributed by atoms with E-state index in [1.165, 1.54) is 17.0 Å². The Morgan fingerprint density at radius 3 is 2.18 bits per heavy atom. The van der Waals surface area contributed by atoms with Crippen LogP contribution in [0.15, 0.2) is 106 Å². The molecule has 4 aromatic carbocycles. The van der Waals surface area contributed by atoms with Gasteiger partial charge < -0.3 is 10.2 Å². The van der Waals surface area contributed by atoms with Crippen molar-refractivity contribution in [2.45, 2.75) is 68.7 Å². The first-order valence-corrected chi connectivity index (χ1v) is 18.7. The quantitative estimate of drug-likeness (QED) is 0.157. The minimum absolute atomic E-state index is 0.0707. The van der Waals surface area contributed by atoms with Gasteiger partial charge in [-0.1, -0.05) is 101 Å². The summed E-state index contributed by atoms with van der Waals surface area (Å²) in [6.07, 6.45) is -1.27. The van der Waals surface area contributed by atoms with Crippen LogP contribution in [0.25, 0.3) is 0 Å². The molecule has 13 heteroatoms. The summed E-state index contributed by atoms with van der Waals surface area (Å²) in [5, 5.41) is 2.47. The molecule has 0 unspecified atom stereocenters. The lowest BCUT2D eigenvalue weighted by atomic mass is 10.0. The zero-order valence-corrected chi connectivity index (χ0v) is 30.3. The standard InChI is InChI=1S/C37H36BrClF3N3O4S/c1-25-11-18-31(19-12-25)50(48,49)45(30-17-20-33(39)32(22-30)37(40,41)42)24-35(46)44(23-27-13-15-28(38)16-14-27)34(21-26-7-3-2-4-8-26)36(47)43-29-9-5-6-10-29/h2-4,7-8,11-20,22,29,34H,5-6,9-10,21,23-24H2,1H3,(H,43,47)/t34-/m0/s1. The first kappa shape index (κ1) is 37.4. The molecule has 1 atom stereocenters. The van der Waals surface area contributed by atoms with Crippen molar-refractivity contribution in [1.82, 2.24) is 10.2 Å². The molecule has 7 nitrogen and oxygen atoms in total. The molecule has 0 spiro atoms. The number of hydrogen-bond acceptors (Lipinski definition) is 4. The molecule has 1 aliphatic carbocycles. The lowest BCUT2D eigenvalue weighted by molar-refractivity contribution is -0.140. The Kier molecular flexibility index (Phi) is 12.0. The van der Waals surface area contributed by atoms with Crippen LogP contribution in [0.1, 0.15) is 47.9 Å². The molecular formula is C37H36BrClF3N3O4S. The van der Waals surface area contributed by atoms with E-state index in [-0.39, 0.29) is 23.9 Å². The van der Waals surface area contributed by atoms with Gasteiger partial charge in [-0.3, -0.25) is 13.9 Å². The van der Waals surface area contributed by atoms with Gasteiger partial charge in [0.05, 0.1) is 21.2 Å². The maximum atomic E-state index is 14.6. The van der Waals surface area contributed by atoms with E-state index in [9.17, 15) is 31.2 Å². The Balaban J connectivity index is 1.61. The van der Waals surface area contributed by atoms with Gasteiger partial charge in [0.1, 0.15) is 12.6 Å². The minimum Gasteiger partial charge on any atom is -0.352 e. The van der Waals surface area contributed by atoms with Gasteiger partial charge in [0.25, 0.3) is 10.0 Å². The number of aryl methyl sites for hydroxylation is 1. The van der Waals surface area contributed by atoms with Crippen molar-refractivity contribution in [3.63, 3.8) is 0 Å². The maximum Gasteiger partial charge on any atom is 0.417 e. The third-order valence-corrected chi connectivity index (χ3v) is 11.3. The number of alkyl halides is 3. The fourth-order valence-corrected chi connectivity index (χ4v) is 7.85. The van der Waals surface area contributed by atoms with Crippen LogP contribution in [0.3, 0.4) is 0 Å². The van der Waals surface area contributed by atoms with Crippen LogP contribution in [0.2, 0.25) is 5.02 Å². The summed E-state index contributed by atoms with van der Waals surface area (Å²) in [6.45, 7) is 0.790. The van der Waals surface area contributed by atoms with Gasteiger partial charge in [0.2, 0.25) is 11.8 Å². The zero-order valence-electron chi connectivity index (χ0n) is 27.2. The Labute approximate surface area is 303 Å². The third-order valence-electron chi connectivity index (χ3n) is 8.67. The second-order valence-corrected chi connectivity index (χ2v) is 15.5. The summed E-state index contributed by atoms with van der Waals surface area (Å²) in [6, 6.07) is 23.6. The third kappa shape index (κ3) is 9.26. The summed E-state index contributed by atoms with van der Waals surface area (Å²) in [7, 11) is -4.61. The molecule has 0 heterocycles. The molecule has 264 valence electrons. The van der Waals surface area contributed by atoms with E-state index in [1.807, 2.05) is 30.3 Å². The Morgan fingerprint density at radius 2 is 1.56 bits per heavy atom. The number of anilines is 1. The number of nitrogens with zero attached hydrogens (tertiary/aromatic N) is 2. The molecule has 1 aliphatic rings. The van der Waals surface area contributed by atoms with E-state index in [2.05, 4.69) is 21.2 Å². The smallest absolute Gasteiger partial charge is 0.352 e.